The number of aliphatic carboxylic acids is 1. The van der Waals surface area contributed by atoms with Crippen LogP contribution < -0.4 is 4.90 Å². The minimum absolute atomic E-state index is 0.0663. The molecule has 110 valence electrons. The first kappa shape index (κ1) is 14.7. The summed E-state index contributed by atoms with van der Waals surface area (Å²) in [5.74, 6) is -0.938. The molecule has 2 rings (SSSR count). The van der Waals surface area contributed by atoms with Crippen LogP contribution in [0.2, 0.25) is 0 Å². The van der Waals surface area contributed by atoms with Crippen molar-refractivity contribution in [3.63, 3.8) is 0 Å². The number of halogens is 3. The predicted octanol–water partition coefficient (Wildman–Crippen LogP) is 3.40. The van der Waals surface area contributed by atoms with Gasteiger partial charge in [-0.15, -0.1) is 0 Å². The summed E-state index contributed by atoms with van der Waals surface area (Å²) in [6.07, 6.45) is -3.66. The van der Waals surface area contributed by atoms with Crippen LogP contribution in [0.3, 0.4) is 0 Å². The van der Waals surface area contributed by atoms with Crippen LogP contribution >= 0.6 is 0 Å². The van der Waals surface area contributed by atoms with Crippen LogP contribution in [0.4, 0.5) is 18.9 Å². The molecule has 0 bridgehead atoms. The zero-order chi connectivity index (χ0) is 15.0. The van der Waals surface area contributed by atoms with Gasteiger partial charge in [-0.3, -0.25) is 4.79 Å². The molecule has 6 heteroatoms. The van der Waals surface area contributed by atoms with E-state index in [1.165, 1.54) is 23.1 Å². The van der Waals surface area contributed by atoms with Crippen LogP contribution in [0.25, 0.3) is 0 Å². The van der Waals surface area contributed by atoms with Gasteiger partial charge in [0, 0.05) is 18.8 Å². The summed E-state index contributed by atoms with van der Waals surface area (Å²) in [5, 5.41) is 9.31. The number of benzene rings is 1. The van der Waals surface area contributed by atoms with Crippen LogP contribution in [-0.4, -0.2) is 24.2 Å². The van der Waals surface area contributed by atoms with Crippen molar-refractivity contribution in [2.75, 3.05) is 18.0 Å². The number of rotatable bonds is 3. The molecule has 1 aromatic rings. The van der Waals surface area contributed by atoms with Gasteiger partial charge < -0.3 is 10.0 Å². The van der Waals surface area contributed by atoms with E-state index in [0.29, 0.717) is 19.4 Å². The van der Waals surface area contributed by atoms with Gasteiger partial charge in [0.15, 0.2) is 0 Å². The maximum absolute atomic E-state index is 13.0. The first-order valence-corrected chi connectivity index (χ1v) is 6.45. The molecule has 1 aliphatic rings. The Morgan fingerprint density at radius 1 is 1.40 bits per heavy atom. The van der Waals surface area contributed by atoms with Crippen molar-refractivity contribution < 1.29 is 23.1 Å². The molecule has 1 heterocycles. The SMILES string of the molecule is CCC1(C(=O)O)CCN(c2ccccc2C(F)(F)F)C1. The monoisotopic (exact) mass is 287 g/mol. The van der Waals surface area contributed by atoms with Crippen molar-refractivity contribution in [1.82, 2.24) is 0 Å². The quantitative estimate of drug-likeness (QED) is 0.926. The molecule has 20 heavy (non-hydrogen) atoms. The number of para-hydroxylation sites is 1. The van der Waals surface area contributed by atoms with Gasteiger partial charge in [-0.2, -0.15) is 13.2 Å². The van der Waals surface area contributed by atoms with E-state index in [-0.39, 0.29) is 12.2 Å². The minimum atomic E-state index is -4.43. The molecule has 1 atom stereocenters. The lowest BCUT2D eigenvalue weighted by Crippen LogP contribution is -2.34. The van der Waals surface area contributed by atoms with Gasteiger partial charge in [-0.1, -0.05) is 19.1 Å². The molecule has 0 aromatic heterocycles. The van der Waals surface area contributed by atoms with E-state index in [9.17, 15) is 23.1 Å². The van der Waals surface area contributed by atoms with Crippen LogP contribution in [0, 0.1) is 5.41 Å². The van der Waals surface area contributed by atoms with Gasteiger partial charge >= 0.3 is 12.1 Å². The van der Waals surface area contributed by atoms with E-state index in [4.69, 9.17) is 0 Å². The van der Waals surface area contributed by atoms with Crippen LogP contribution in [-0.2, 0) is 11.0 Å². The van der Waals surface area contributed by atoms with E-state index in [0.717, 1.165) is 6.07 Å². The summed E-state index contributed by atoms with van der Waals surface area (Å²) in [7, 11) is 0. The van der Waals surface area contributed by atoms with Gasteiger partial charge in [0.2, 0.25) is 0 Å². The van der Waals surface area contributed by atoms with Gasteiger partial charge in [-0.25, -0.2) is 0 Å². The molecule has 1 aliphatic heterocycles. The molecule has 0 aliphatic carbocycles. The lowest BCUT2D eigenvalue weighted by atomic mass is 9.84. The maximum atomic E-state index is 13.0. The Morgan fingerprint density at radius 2 is 2.05 bits per heavy atom. The van der Waals surface area contributed by atoms with Crippen molar-refractivity contribution >= 4 is 11.7 Å². The fourth-order valence-electron chi connectivity index (χ4n) is 2.68. The number of hydrogen-bond acceptors (Lipinski definition) is 2. The summed E-state index contributed by atoms with van der Waals surface area (Å²) in [6, 6.07) is 5.31. The molecule has 3 nitrogen and oxygen atoms in total. The van der Waals surface area contributed by atoms with Crippen molar-refractivity contribution in [3.8, 4) is 0 Å². The molecular weight excluding hydrogens is 271 g/mol. The first-order valence-electron chi connectivity index (χ1n) is 6.45. The largest absolute Gasteiger partial charge is 0.481 e. The zero-order valence-electron chi connectivity index (χ0n) is 11.1. The van der Waals surface area contributed by atoms with Crippen molar-refractivity contribution in [2.45, 2.75) is 25.9 Å². The summed E-state index contributed by atoms with van der Waals surface area (Å²) < 4.78 is 39.0. The van der Waals surface area contributed by atoms with Gasteiger partial charge in [-0.05, 0) is 25.0 Å². The second-order valence-corrected chi connectivity index (χ2v) is 5.13. The average Bonchev–Trinajstić information content (AvgIpc) is 2.83. The summed E-state index contributed by atoms with van der Waals surface area (Å²) in [6.45, 7) is 2.20. The third-order valence-corrected chi connectivity index (χ3v) is 4.03. The number of hydrogen-bond donors (Lipinski definition) is 1. The Bertz CT molecular complexity index is 515. The average molecular weight is 287 g/mol. The maximum Gasteiger partial charge on any atom is 0.418 e. The number of carboxylic acid groups (broad SMARTS) is 1. The highest BCUT2D eigenvalue weighted by molar-refractivity contribution is 5.77. The highest BCUT2D eigenvalue weighted by atomic mass is 19.4. The van der Waals surface area contributed by atoms with Crippen LogP contribution in [0.1, 0.15) is 25.3 Å². The fourth-order valence-corrected chi connectivity index (χ4v) is 2.68. The molecule has 0 radical (unpaired) electrons. The number of nitrogens with zero attached hydrogens (tertiary/aromatic N) is 1. The fraction of sp³-hybridized carbons (Fsp3) is 0.500. The summed E-state index contributed by atoms with van der Waals surface area (Å²) in [4.78, 5) is 12.9. The van der Waals surface area contributed by atoms with Gasteiger partial charge in [0.1, 0.15) is 0 Å². The van der Waals surface area contributed by atoms with Gasteiger partial charge in [0.25, 0.3) is 0 Å². The molecule has 0 saturated carbocycles. The second kappa shape index (κ2) is 5.00. The topological polar surface area (TPSA) is 40.5 Å². The third kappa shape index (κ3) is 2.46. The molecule has 0 spiro atoms. The lowest BCUT2D eigenvalue weighted by Gasteiger charge is -2.26. The minimum Gasteiger partial charge on any atom is -0.481 e. The standard InChI is InChI=1S/C14H16F3NO2/c1-2-13(12(19)20)7-8-18(9-13)11-6-4-3-5-10(11)14(15,16)17/h3-6H,2,7-9H2,1H3,(H,19,20). The Kier molecular flexibility index (Phi) is 3.67. The van der Waals surface area contributed by atoms with E-state index >= 15 is 0 Å². The highest BCUT2D eigenvalue weighted by Crippen LogP contribution is 2.41. The Morgan fingerprint density at radius 3 is 2.55 bits per heavy atom. The van der Waals surface area contributed by atoms with Gasteiger partial charge in [0.05, 0.1) is 11.0 Å². The lowest BCUT2D eigenvalue weighted by molar-refractivity contribution is -0.147. The van der Waals surface area contributed by atoms with Crippen LogP contribution in [0.15, 0.2) is 24.3 Å². The number of carboxylic acids is 1. The first-order chi connectivity index (χ1) is 9.30. The number of alkyl halides is 3. The van der Waals surface area contributed by atoms with E-state index in [1.54, 1.807) is 6.92 Å². The molecular formula is C14H16F3NO2. The van der Waals surface area contributed by atoms with Crippen LogP contribution in [0.5, 0.6) is 0 Å². The number of anilines is 1. The zero-order valence-corrected chi connectivity index (χ0v) is 11.1. The van der Waals surface area contributed by atoms with E-state index in [2.05, 4.69) is 0 Å². The van der Waals surface area contributed by atoms with Crippen molar-refractivity contribution in [1.29, 1.82) is 0 Å². The summed E-state index contributed by atoms with van der Waals surface area (Å²) in [5.41, 5.74) is -1.59. The summed E-state index contributed by atoms with van der Waals surface area (Å²) >= 11 is 0. The molecule has 1 saturated heterocycles. The van der Waals surface area contributed by atoms with E-state index in [1.807, 2.05) is 0 Å². The molecule has 1 N–H and O–H groups in total. The Hall–Kier alpha value is -1.72. The predicted molar refractivity (Wildman–Crippen MR) is 68.6 cm³/mol. The second-order valence-electron chi connectivity index (χ2n) is 5.13. The Balaban J connectivity index is 2.34. The normalized spacial score (nSPS) is 23.1. The smallest absolute Gasteiger partial charge is 0.418 e. The van der Waals surface area contributed by atoms with Crippen molar-refractivity contribution in [3.05, 3.63) is 29.8 Å². The Labute approximate surface area is 115 Å². The highest BCUT2D eigenvalue weighted by Gasteiger charge is 2.45. The molecule has 1 aromatic carbocycles. The van der Waals surface area contributed by atoms with E-state index < -0.39 is 23.1 Å². The number of carbonyl (C=O) groups is 1. The molecule has 1 unspecified atom stereocenters. The molecule has 0 amide bonds. The van der Waals surface area contributed by atoms with Crippen molar-refractivity contribution in [2.24, 2.45) is 5.41 Å². The third-order valence-electron chi connectivity index (χ3n) is 4.03. The molecule has 1 fully saturated rings.